The van der Waals surface area contributed by atoms with Gasteiger partial charge in [0.15, 0.2) is 10.8 Å². The third-order valence-electron chi connectivity index (χ3n) is 4.57. The highest BCUT2D eigenvalue weighted by Crippen LogP contribution is 2.23. The summed E-state index contributed by atoms with van der Waals surface area (Å²) in [6.07, 6.45) is 0. The van der Waals surface area contributed by atoms with Crippen molar-refractivity contribution in [2.45, 2.75) is 25.0 Å². The number of nitrogens with zero attached hydrogens (tertiary/aromatic N) is 2. The highest BCUT2D eigenvalue weighted by atomic mass is 32.2. The number of carbonyl (C=O) groups is 1. The third-order valence-corrected chi connectivity index (χ3v) is 6.27. The Morgan fingerprint density at radius 1 is 0.933 bits per heavy atom. The molecule has 0 aliphatic heterocycles. The summed E-state index contributed by atoms with van der Waals surface area (Å²) < 4.78 is 38.3. The molecule has 1 aromatic heterocycles. The van der Waals surface area contributed by atoms with Crippen molar-refractivity contribution >= 4 is 15.8 Å². The lowest BCUT2D eigenvalue weighted by Crippen LogP contribution is -2.30. The average Bonchev–Trinajstić information content (AvgIpc) is 3.26. The van der Waals surface area contributed by atoms with Gasteiger partial charge >= 0.3 is 0 Å². The van der Waals surface area contributed by atoms with Gasteiger partial charge in [-0.25, -0.2) is 8.42 Å². The van der Waals surface area contributed by atoms with Crippen LogP contribution >= 0.6 is 0 Å². The molecule has 0 aliphatic carbocycles. The first-order valence-electron chi connectivity index (χ1n) is 9.16. The van der Waals surface area contributed by atoms with Gasteiger partial charge in [-0.05, 0) is 35.4 Å². The van der Waals surface area contributed by atoms with Crippen LogP contribution in [0.3, 0.4) is 0 Å². The fourth-order valence-electron chi connectivity index (χ4n) is 2.85. The number of methoxy groups -OCH3 is 2. The van der Waals surface area contributed by atoms with Crippen molar-refractivity contribution in [2.75, 3.05) is 14.2 Å². The van der Waals surface area contributed by atoms with Crippen LogP contribution in [0.1, 0.15) is 28.5 Å². The molecular weight excluding hydrogens is 406 g/mol. The van der Waals surface area contributed by atoms with Gasteiger partial charge in [-0.2, -0.15) is 9.40 Å². The van der Waals surface area contributed by atoms with Crippen LogP contribution in [0.4, 0.5) is 0 Å². The smallest absolute Gasteiger partial charge is 0.260 e. The number of Topliss-reactive ketones (excluding diaryl/α,β-unsaturated/α-hetero) is 1. The SMILES string of the molecule is COc1ccc(CN(Cc2ccc(OC)cc2)S(=O)(=O)c2cc(C(C)=O)n[nH]2)cc1. The van der Waals surface area contributed by atoms with E-state index in [4.69, 9.17) is 9.47 Å². The quantitative estimate of drug-likeness (QED) is 0.525. The summed E-state index contributed by atoms with van der Waals surface area (Å²) in [4.78, 5) is 11.5. The monoisotopic (exact) mass is 429 g/mol. The lowest BCUT2D eigenvalue weighted by molar-refractivity contribution is 0.101. The van der Waals surface area contributed by atoms with Gasteiger partial charge < -0.3 is 9.47 Å². The Morgan fingerprint density at radius 2 is 1.40 bits per heavy atom. The van der Waals surface area contributed by atoms with Crippen molar-refractivity contribution in [1.82, 2.24) is 14.5 Å². The van der Waals surface area contributed by atoms with E-state index in [1.54, 1.807) is 38.5 Å². The van der Waals surface area contributed by atoms with E-state index in [2.05, 4.69) is 10.2 Å². The Kier molecular flexibility index (Phi) is 6.53. The molecule has 158 valence electrons. The van der Waals surface area contributed by atoms with Crippen LogP contribution in [0.2, 0.25) is 0 Å². The molecule has 0 amide bonds. The van der Waals surface area contributed by atoms with Crippen LogP contribution in [-0.2, 0) is 23.1 Å². The number of aromatic nitrogens is 2. The normalized spacial score (nSPS) is 11.5. The number of benzene rings is 2. The van der Waals surface area contributed by atoms with E-state index < -0.39 is 10.0 Å². The second kappa shape index (κ2) is 9.10. The van der Waals surface area contributed by atoms with Crippen molar-refractivity contribution in [2.24, 2.45) is 0 Å². The molecule has 0 atom stereocenters. The number of H-pyrrole nitrogens is 1. The summed E-state index contributed by atoms with van der Waals surface area (Å²) in [5, 5.41) is 6.16. The number of nitrogens with one attached hydrogen (secondary N) is 1. The summed E-state index contributed by atoms with van der Waals surface area (Å²) in [6.45, 7) is 1.60. The van der Waals surface area contributed by atoms with Crippen molar-refractivity contribution in [3.05, 3.63) is 71.4 Å². The Labute approximate surface area is 175 Å². The first-order chi connectivity index (χ1) is 14.3. The van der Waals surface area contributed by atoms with E-state index in [-0.39, 0.29) is 29.6 Å². The van der Waals surface area contributed by atoms with Gasteiger partial charge in [0.1, 0.15) is 17.2 Å². The van der Waals surface area contributed by atoms with Crippen molar-refractivity contribution in [3.63, 3.8) is 0 Å². The van der Waals surface area contributed by atoms with Gasteiger partial charge in [0, 0.05) is 26.1 Å². The lowest BCUT2D eigenvalue weighted by Gasteiger charge is -2.22. The fraction of sp³-hybridized carbons (Fsp3) is 0.238. The van der Waals surface area contributed by atoms with E-state index in [1.807, 2.05) is 24.3 Å². The number of sulfonamides is 1. The number of hydrogen-bond donors (Lipinski definition) is 1. The summed E-state index contributed by atoms with van der Waals surface area (Å²) in [5.41, 5.74) is 1.65. The van der Waals surface area contributed by atoms with E-state index >= 15 is 0 Å². The van der Waals surface area contributed by atoms with E-state index in [9.17, 15) is 13.2 Å². The molecule has 0 spiro atoms. The third kappa shape index (κ3) is 4.87. The molecule has 0 radical (unpaired) electrons. The maximum Gasteiger partial charge on any atom is 0.260 e. The standard InChI is InChI=1S/C21H23N3O5S/c1-15(25)20-12-21(23-22-20)30(26,27)24(13-16-4-8-18(28-2)9-5-16)14-17-6-10-19(29-3)11-7-17/h4-12H,13-14H2,1-3H3,(H,22,23). The maximum atomic E-state index is 13.3. The Hall–Kier alpha value is -3.17. The largest absolute Gasteiger partial charge is 0.497 e. The molecule has 0 saturated heterocycles. The minimum Gasteiger partial charge on any atom is -0.497 e. The van der Waals surface area contributed by atoms with Gasteiger partial charge in [0.25, 0.3) is 10.0 Å². The molecule has 3 aromatic rings. The van der Waals surface area contributed by atoms with Gasteiger partial charge in [0.05, 0.1) is 14.2 Å². The van der Waals surface area contributed by atoms with E-state index in [1.165, 1.54) is 17.3 Å². The molecular formula is C21H23N3O5S. The molecule has 0 saturated carbocycles. The van der Waals surface area contributed by atoms with Gasteiger partial charge in [0.2, 0.25) is 0 Å². The molecule has 8 nitrogen and oxygen atoms in total. The number of rotatable bonds is 9. The Bertz CT molecular complexity index is 1060. The van der Waals surface area contributed by atoms with Crippen LogP contribution in [0.5, 0.6) is 11.5 Å². The Balaban J connectivity index is 1.94. The molecule has 1 N–H and O–H groups in total. The molecule has 0 fully saturated rings. The zero-order valence-electron chi connectivity index (χ0n) is 17.0. The van der Waals surface area contributed by atoms with E-state index in [0.717, 1.165) is 11.1 Å². The molecule has 3 rings (SSSR count). The minimum atomic E-state index is -3.94. The summed E-state index contributed by atoms with van der Waals surface area (Å²) in [6, 6.07) is 15.6. The van der Waals surface area contributed by atoms with Crippen LogP contribution in [0.15, 0.2) is 59.6 Å². The van der Waals surface area contributed by atoms with Crippen LogP contribution in [-0.4, -0.2) is 42.9 Å². The van der Waals surface area contributed by atoms with Crippen molar-refractivity contribution in [1.29, 1.82) is 0 Å². The fourth-order valence-corrected chi connectivity index (χ4v) is 4.19. The predicted octanol–water partition coefficient (Wildman–Crippen LogP) is 3.02. The maximum absolute atomic E-state index is 13.3. The summed E-state index contributed by atoms with van der Waals surface area (Å²) >= 11 is 0. The topological polar surface area (TPSA) is 102 Å². The number of aromatic amines is 1. The second-order valence-corrected chi connectivity index (χ2v) is 8.55. The summed E-state index contributed by atoms with van der Waals surface area (Å²) in [5.74, 6) is 1.05. The Morgan fingerprint density at radius 3 is 1.77 bits per heavy atom. The molecule has 0 bridgehead atoms. The zero-order valence-corrected chi connectivity index (χ0v) is 17.8. The van der Waals surface area contributed by atoms with E-state index in [0.29, 0.717) is 11.5 Å². The molecule has 9 heteroatoms. The van der Waals surface area contributed by atoms with Crippen LogP contribution < -0.4 is 9.47 Å². The zero-order chi connectivity index (χ0) is 21.7. The highest BCUT2D eigenvalue weighted by molar-refractivity contribution is 7.89. The number of ether oxygens (including phenoxy) is 2. The molecule has 1 heterocycles. The molecule has 0 aliphatic rings. The van der Waals surface area contributed by atoms with Crippen LogP contribution in [0, 0.1) is 0 Å². The van der Waals surface area contributed by atoms with Gasteiger partial charge in [-0.1, -0.05) is 24.3 Å². The highest BCUT2D eigenvalue weighted by Gasteiger charge is 2.27. The lowest BCUT2D eigenvalue weighted by atomic mass is 10.2. The van der Waals surface area contributed by atoms with Gasteiger partial charge in [-0.15, -0.1) is 0 Å². The average molecular weight is 429 g/mol. The number of carbonyl (C=O) groups excluding carboxylic acids is 1. The predicted molar refractivity (Wildman–Crippen MR) is 111 cm³/mol. The molecule has 30 heavy (non-hydrogen) atoms. The molecule has 0 unspecified atom stereocenters. The second-order valence-electron chi connectivity index (χ2n) is 6.64. The number of ketones is 1. The first-order valence-corrected chi connectivity index (χ1v) is 10.6. The summed E-state index contributed by atoms with van der Waals surface area (Å²) in [7, 11) is -0.801. The number of hydrogen-bond acceptors (Lipinski definition) is 6. The van der Waals surface area contributed by atoms with Gasteiger partial charge in [-0.3, -0.25) is 9.89 Å². The van der Waals surface area contributed by atoms with Crippen molar-refractivity contribution < 1.29 is 22.7 Å². The van der Waals surface area contributed by atoms with Crippen LogP contribution in [0.25, 0.3) is 0 Å². The molecule has 2 aromatic carbocycles. The first kappa shape index (κ1) is 21.5. The minimum absolute atomic E-state index is 0.0717. The van der Waals surface area contributed by atoms with Crippen molar-refractivity contribution in [3.8, 4) is 11.5 Å².